The van der Waals surface area contributed by atoms with E-state index < -0.39 is 0 Å². The summed E-state index contributed by atoms with van der Waals surface area (Å²) in [6.45, 7) is 3.40. The highest BCUT2D eigenvalue weighted by Gasteiger charge is 1.92. The Morgan fingerprint density at radius 3 is 2.82 bits per heavy atom. The fourth-order valence-electron chi connectivity index (χ4n) is 0.788. The number of aliphatic hydroxyl groups is 1. The molecule has 0 aliphatic rings. The number of unbranched alkanes of at least 4 members (excludes halogenated alkanes) is 2. The Labute approximate surface area is 69.0 Å². The summed E-state index contributed by atoms with van der Waals surface area (Å²) in [4.78, 5) is 0. The van der Waals surface area contributed by atoms with Gasteiger partial charge in [0.1, 0.15) is 0 Å². The monoisotopic (exact) mass is 155 g/mol. The molecule has 0 aromatic carbocycles. The van der Waals surface area contributed by atoms with Crippen molar-refractivity contribution in [3.05, 3.63) is 0 Å². The fourth-order valence-corrected chi connectivity index (χ4v) is 0.788. The van der Waals surface area contributed by atoms with Crippen LogP contribution in [0.3, 0.4) is 0 Å². The van der Waals surface area contributed by atoms with E-state index in [1.807, 2.05) is 0 Å². The van der Waals surface area contributed by atoms with E-state index >= 15 is 0 Å². The lowest BCUT2D eigenvalue weighted by Gasteiger charge is -2.05. The van der Waals surface area contributed by atoms with E-state index in [2.05, 4.69) is 11.2 Å². The molecule has 0 bridgehead atoms. The molecular formula is C9H17NO. The molecule has 0 aliphatic carbocycles. The number of terminal acetylenes is 1. The van der Waals surface area contributed by atoms with Gasteiger partial charge in [0.05, 0.1) is 6.10 Å². The summed E-state index contributed by atoms with van der Waals surface area (Å²) >= 11 is 0. The molecule has 64 valence electrons. The Morgan fingerprint density at radius 2 is 2.27 bits per heavy atom. The first-order valence-electron chi connectivity index (χ1n) is 4.09. The van der Waals surface area contributed by atoms with Gasteiger partial charge in [0.15, 0.2) is 0 Å². The van der Waals surface area contributed by atoms with Gasteiger partial charge in [-0.15, -0.1) is 12.3 Å². The molecule has 0 radical (unpaired) electrons. The van der Waals surface area contributed by atoms with Crippen LogP contribution >= 0.6 is 0 Å². The van der Waals surface area contributed by atoms with Crippen LogP contribution < -0.4 is 5.32 Å². The van der Waals surface area contributed by atoms with Gasteiger partial charge in [0.2, 0.25) is 0 Å². The lowest BCUT2D eigenvalue weighted by Crippen LogP contribution is -2.25. The maximum absolute atomic E-state index is 8.86. The van der Waals surface area contributed by atoms with Crippen LogP contribution in [0.15, 0.2) is 0 Å². The van der Waals surface area contributed by atoms with Gasteiger partial charge in [-0.2, -0.15) is 0 Å². The smallest absolute Gasteiger partial charge is 0.0636 e. The van der Waals surface area contributed by atoms with E-state index in [4.69, 9.17) is 11.5 Å². The van der Waals surface area contributed by atoms with Gasteiger partial charge in [-0.05, 0) is 26.3 Å². The molecule has 2 heteroatoms. The van der Waals surface area contributed by atoms with Crippen molar-refractivity contribution in [1.29, 1.82) is 0 Å². The first-order valence-corrected chi connectivity index (χ1v) is 4.09. The highest BCUT2D eigenvalue weighted by Crippen LogP contribution is 1.90. The number of hydrogen-bond donors (Lipinski definition) is 2. The summed E-state index contributed by atoms with van der Waals surface area (Å²) in [6.07, 6.45) is 7.86. The third-order valence-corrected chi connectivity index (χ3v) is 1.36. The van der Waals surface area contributed by atoms with Crippen LogP contribution in [0.2, 0.25) is 0 Å². The Bertz CT molecular complexity index is 115. The third kappa shape index (κ3) is 9.48. The topological polar surface area (TPSA) is 32.3 Å². The predicted octanol–water partition coefficient (Wildman–Crippen LogP) is 0.760. The summed E-state index contributed by atoms with van der Waals surface area (Å²) in [5.41, 5.74) is 0. The molecule has 11 heavy (non-hydrogen) atoms. The summed E-state index contributed by atoms with van der Waals surface area (Å²) in [5.74, 6) is 2.59. The van der Waals surface area contributed by atoms with Gasteiger partial charge in [-0.25, -0.2) is 0 Å². The van der Waals surface area contributed by atoms with Gasteiger partial charge < -0.3 is 10.4 Å². The molecule has 2 N–H and O–H groups in total. The van der Waals surface area contributed by atoms with Gasteiger partial charge in [-0.1, -0.05) is 0 Å². The van der Waals surface area contributed by atoms with Crippen molar-refractivity contribution in [2.75, 3.05) is 13.1 Å². The summed E-state index contributed by atoms with van der Waals surface area (Å²) in [6, 6.07) is 0. The molecule has 0 aliphatic heterocycles. The number of aliphatic hydroxyl groups excluding tert-OH is 1. The first-order chi connectivity index (χ1) is 5.27. The normalized spacial score (nSPS) is 12.5. The molecule has 0 spiro atoms. The average Bonchev–Trinajstić information content (AvgIpc) is 1.96. The molecule has 2 nitrogen and oxygen atoms in total. The van der Waals surface area contributed by atoms with Gasteiger partial charge in [0.25, 0.3) is 0 Å². The van der Waals surface area contributed by atoms with Crippen LogP contribution in [-0.2, 0) is 0 Å². The van der Waals surface area contributed by atoms with Crippen LogP contribution in [0.25, 0.3) is 0 Å². The molecular weight excluding hydrogens is 138 g/mol. The lowest BCUT2D eigenvalue weighted by atomic mass is 10.2. The Kier molecular flexibility index (Phi) is 7.23. The molecule has 0 saturated carbocycles. The van der Waals surface area contributed by atoms with Crippen molar-refractivity contribution in [1.82, 2.24) is 5.32 Å². The second-order valence-corrected chi connectivity index (χ2v) is 2.71. The zero-order chi connectivity index (χ0) is 8.53. The number of nitrogens with one attached hydrogen (secondary N) is 1. The van der Waals surface area contributed by atoms with Crippen molar-refractivity contribution in [2.45, 2.75) is 32.3 Å². The van der Waals surface area contributed by atoms with E-state index in [0.29, 0.717) is 6.54 Å². The quantitative estimate of drug-likeness (QED) is 0.438. The maximum atomic E-state index is 8.86. The van der Waals surface area contributed by atoms with E-state index in [-0.39, 0.29) is 6.10 Å². The molecule has 0 saturated heterocycles. The second-order valence-electron chi connectivity index (χ2n) is 2.71. The van der Waals surface area contributed by atoms with Gasteiger partial charge in [-0.3, -0.25) is 0 Å². The molecule has 0 aromatic rings. The van der Waals surface area contributed by atoms with Crippen LogP contribution in [0.4, 0.5) is 0 Å². The Morgan fingerprint density at radius 1 is 1.55 bits per heavy atom. The summed E-state index contributed by atoms with van der Waals surface area (Å²) in [5, 5.41) is 12.0. The minimum Gasteiger partial charge on any atom is -0.392 e. The summed E-state index contributed by atoms with van der Waals surface area (Å²) < 4.78 is 0. The van der Waals surface area contributed by atoms with E-state index in [9.17, 15) is 0 Å². The first kappa shape index (κ1) is 10.5. The number of hydrogen-bond acceptors (Lipinski definition) is 2. The van der Waals surface area contributed by atoms with Crippen LogP contribution in [0.5, 0.6) is 0 Å². The van der Waals surface area contributed by atoms with E-state index in [1.54, 1.807) is 6.92 Å². The standard InChI is InChI=1S/C9H17NO/c1-3-4-5-6-7-10-8-9(2)11/h1,9-11H,4-8H2,2H3/t9-/m0/s1. The van der Waals surface area contributed by atoms with Crippen molar-refractivity contribution >= 4 is 0 Å². The van der Waals surface area contributed by atoms with Crippen molar-refractivity contribution in [3.63, 3.8) is 0 Å². The largest absolute Gasteiger partial charge is 0.392 e. The molecule has 0 aromatic heterocycles. The van der Waals surface area contributed by atoms with Crippen molar-refractivity contribution in [3.8, 4) is 12.3 Å². The molecule has 0 heterocycles. The molecule has 1 atom stereocenters. The highest BCUT2D eigenvalue weighted by atomic mass is 16.3. The molecule has 0 fully saturated rings. The Balaban J connectivity index is 2.86. The predicted molar refractivity (Wildman–Crippen MR) is 47.2 cm³/mol. The van der Waals surface area contributed by atoms with Gasteiger partial charge >= 0.3 is 0 Å². The minimum atomic E-state index is -0.248. The van der Waals surface area contributed by atoms with Crippen LogP contribution in [0.1, 0.15) is 26.2 Å². The second kappa shape index (κ2) is 7.59. The van der Waals surface area contributed by atoms with Crippen LogP contribution in [0, 0.1) is 12.3 Å². The SMILES string of the molecule is C#CCCCCNC[C@H](C)O. The lowest BCUT2D eigenvalue weighted by molar-refractivity contribution is 0.191. The van der Waals surface area contributed by atoms with Gasteiger partial charge in [0, 0.05) is 13.0 Å². The highest BCUT2D eigenvalue weighted by molar-refractivity contribution is 4.82. The summed E-state index contributed by atoms with van der Waals surface area (Å²) in [7, 11) is 0. The molecule has 0 unspecified atom stereocenters. The zero-order valence-corrected chi connectivity index (χ0v) is 7.14. The fraction of sp³-hybridized carbons (Fsp3) is 0.778. The van der Waals surface area contributed by atoms with E-state index in [0.717, 1.165) is 25.8 Å². The third-order valence-electron chi connectivity index (χ3n) is 1.36. The zero-order valence-electron chi connectivity index (χ0n) is 7.14. The maximum Gasteiger partial charge on any atom is 0.0636 e. The minimum absolute atomic E-state index is 0.248. The van der Waals surface area contributed by atoms with Crippen molar-refractivity contribution < 1.29 is 5.11 Å². The number of rotatable bonds is 6. The Hall–Kier alpha value is -0.520. The molecule has 0 amide bonds. The average molecular weight is 155 g/mol. The molecule has 0 rings (SSSR count). The van der Waals surface area contributed by atoms with Crippen LogP contribution in [-0.4, -0.2) is 24.3 Å². The van der Waals surface area contributed by atoms with E-state index in [1.165, 1.54) is 0 Å². The van der Waals surface area contributed by atoms with Crippen molar-refractivity contribution in [2.24, 2.45) is 0 Å².